The van der Waals surface area contributed by atoms with Gasteiger partial charge >= 0.3 is 11.9 Å². The van der Waals surface area contributed by atoms with Gasteiger partial charge in [0.25, 0.3) is 0 Å². The fourth-order valence-electron chi connectivity index (χ4n) is 5.22. The Hall–Kier alpha value is -2.53. The molecule has 242 valence electrons. The number of unbranched alkanes of at least 4 members (excludes halogenated alkanes) is 10. The Morgan fingerprint density at radius 2 is 0.952 bits per heavy atom. The Bertz CT molecular complexity index is 782. The van der Waals surface area contributed by atoms with Crippen LogP contribution in [0.2, 0.25) is 0 Å². The minimum atomic E-state index is -0.958. The number of aromatic nitrogens is 3. The van der Waals surface area contributed by atoms with E-state index in [-0.39, 0.29) is 25.2 Å². The zero-order chi connectivity index (χ0) is 31.0. The van der Waals surface area contributed by atoms with Gasteiger partial charge in [0.2, 0.25) is 11.9 Å². The molecule has 0 aliphatic rings. The molecule has 2 atom stereocenters. The Kier molecular flexibility index (Phi) is 21.4. The standard InChI is InChI=1S/C31H59N7O4/c1-5-9-13-17-21-26(19-15-11-7-3)37(34-23-28(39)40)30-32-25-33-31(36-30)38(35-24-29(41)42)27(20-16-12-8-4)22-18-14-10-6-2/h25-27,34-35H,5-24H2,1-4H3,(H,39,40)(H,41,42). The lowest BCUT2D eigenvalue weighted by Crippen LogP contribution is -2.51. The van der Waals surface area contributed by atoms with Gasteiger partial charge in [0.15, 0.2) is 0 Å². The highest BCUT2D eigenvalue weighted by atomic mass is 16.4. The highest BCUT2D eigenvalue weighted by Crippen LogP contribution is 2.24. The van der Waals surface area contributed by atoms with Crippen molar-refractivity contribution < 1.29 is 19.8 Å². The van der Waals surface area contributed by atoms with Gasteiger partial charge in [0, 0.05) is 12.1 Å². The van der Waals surface area contributed by atoms with Crippen LogP contribution in [0, 0.1) is 0 Å². The number of nitrogens with zero attached hydrogens (tertiary/aromatic N) is 5. The Morgan fingerprint density at radius 1 is 0.619 bits per heavy atom. The lowest BCUT2D eigenvalue weighted by molar-refractivity contribution is -0.137. The predicted octanol–water partition coefficient (Wildman–Crippen LogP) is 6.50. The molecule has 1 heterocycles. The minimum absolute atomic E-state index is 0.0258. The van der Waals surface area contributed by atoms with E-state index in [9.17, 15) is 19.8 Å². The van der Waals surface area contributed by atoms with Crippen LogP contribution in [0.1, 0.15) is 143 Å². The molecular weight excluding hydrogens is 534 g/mol. The van der Waals surface area contributed by atoms with Crippen LogP contribution in [0.4, 0.5) is 11.9 Å². The first kappa shape index (κ1) is 37.5. The molecule has 0 aliphatic heterocycles. The fraction of sp³-hybridized carbons (Fsp3) is 0.839. The number of hydrazine groups is 2. The quantitative estimate of drug-likeness (QED) is 0.0624. The number of nitrogens with one attached hydrogen (secondary N) is 2. The van der Waals surface area contributed by atoms with Crippen molar-refractivity contribution in [3.05, 3.63) is 6.33 Å². The van der Waals surface area contributed by atoms with E-state index >= 15 is 0 Å². The molecule has 1 rings (SSSR count). The van der Waals surface area contributed by atoms with Crippen LogP contribution in [0.5, 0.6) is 0 Å². The second-order valence-corrected chi connectivity index (χ2v) is 11.3. The van der Waals surface area contributed by atoms with Gasteiger partial charge in [-0.2, -0.15) is 15.0 Å². The van der Waals surface area contributed by atoms with Crippen molar-refractivity contribution in [3.8, 4) is 0 Å². The van der Waals surface area contributed by atoms with Crippen LogP contribution in [-0.2, 0) is 9.59 Å². The van der Waals surface area contributed by atoms with E-state index in [0.717, 1.165) is 103 Å². The zero-order valence-corrected chi connectivity index (χ0v) is 26.8. The summed E-state index contributed by atoms with van der Waals surface area (Å²) in [5.41, 5.74) is 6.17. The van der Waals surface area contributed by atoms with Gasteiger partial charge in [-0.3, -0.25) is 19.6 Å². The second-order valence-electron chi connectivity index (χ2n) is 11.3. The third-order valence-electron chi connectivity index (χ3n) is 7.57. The van der Waals surface area contributed by atoms with E-state index in [2.05, 4.69) is 48.5 Å². The highest BCUT2D eigenvalue weighted by molar-refractivity contribution is 5.69. The molecule has 0 fully saturated rings. The topological polar surface area (TPSA) is 144 Å². The smallest absolute Gasteiger partial charge is 0.319 e. The molecule has 0 saturated carbocycles. The molecule has 1 aromatic heterocycles. The number of aliphatic carboxylic acids is 2. The van der Waals surface area contributed by atoms with E-state index in [1.165, 1.54) is 19.2 Å². The number of anilines is 2. The van der Waals surface area contributed by atoms with Crippen molar-refractivity contribution in [2.75, 3.05) is 23.1 Å². The molecule has 0 aliphatic carbocycles. The zero-order valence-electron chi connectivity index (χ0n) is 26.8. The monoisotopic (exact) mass is 593 g/mol. The first-order valence-electron chi connectivity index (χ1n) is 16.6. The lowest BCUT2D eigenvalue weighted by Gasteiger charge is -2.34. The summed E-state index contributed by atoms with van der Waals surface area (Å²) in [6.07, 6.45) is 20.5. The average molecular weight is 594 g/mol. The molecule has 0 bridgehead atoms. The predicted molar refractivity (Wildman–Crippen MR) is 169 cm³/mol. The molecule has 4 N–H and O–H groups in total. The molecule has 11 nitrogen and oxygen atoms in total. The lowest BCUT2D eigenvalue weighted by atomic mass is 10.0. The van der Waals surface area contributed by atoms with Crippen molar-refractivity contribution in [2.24, 2.45) is 0 Å². The second kappa shape index (κ2) is 24.0. The van der Waals surface area contributed by atoms with Crippen LogP contribution in [-0.4, -0.2) is 62.3 Å². The van der Waals surface area contributed by atoms with Gasteiger partial charge in [-0.1, -0.05) is 118 Å². The summed E-state index contributed by atoms with van der Waals surface area (Å²) >= 11 is 0. The summed E-state index contributed by atoms with van der Waals surface area (Å²) < 4.78 is 0. The van der Waals surface area contributed by atoms with Gasteiger partial charge in [-0.25, -0.2) is 10.9 Å². The molecular formula is C31H59N7O4. The number of carboxylic acid groups (broad SMARTS) is 2. The third-order valence-corrected chi connectivity index (χ3v) is 7.57. The maximum Gasteiger partial charge on any atom is 0.319 e. The van der Waals surface area contributed by atoms with Crippen LogP contribution in [0.3, 0.4) is 0 Å². The van der Waals surface area contributed by atoms with E-state index in [4.69, 9.17) is 4.98 Å². The summed E-state index contributed by atoms with van der Waals surface area (Å²) in [4.78, 5) is 37.0. The largest absolute Gasteiger partial charge is 0.480 e. The van der Waals surface area contributed by atoms with Gasteiger partial charge in [0.1, 0.15) is 19.4 Å². The molecule has 0 aromatic carbocycles. The number of rotatable bonds is 28. The van der Waals surface area contributed by atoms with Gasteiger partial charge in [-0.15, -0.1) is 0 Å². The van der Waals surface area contributed by atoms with Crippen LogP contribution < -0.4 is 20.9 Å². The van der Waals surface area contributed by atoms with Crippen molar-refractivity contribution in [1.82, 2.24) is 25.8 Å². The molecule has 1 aromatic rings. The number of hydrogen-bond donors (Lipinski definition) is 4. The molecule has 0 saturated heterocycles. The first-order valence-corrected chi connectivity index (χ1v) is 16.6. The maximum atomic E-state index is 11.6. The van der Waals surface area contributed by atoms with Crippen LogP contribution in [0.25, 0.3) is 0 Å². The van der Waals surface area contributed by atoms with E-state index in [0.29, 0.717) is 11.9 Å². The van der Waals surface area contributed by atoms with Gasteiger partial charge in [0.05, 0.1) is 0 Å². The van der Waals surface area contributed by atoms with E-state index < -0.39 is 11.9 Å². The Balaban J connectivity index is 3.41. The molecule has 42 heavy (non-hydrogen) atoms. The van der Waals surface area contributed by atoms with Crippen LogP contribution >= 0.6 is 0 Å². The van der Waals surface area contributed by atoms with Crippen molar-refractivity contribution in [2.45, 2.75) is 155 Å². The number of carboxylic acids is 2. The van der Waals surface area contributed by atoms with Crippen molar-refractivity contribution >= 4 is 23.8 Å². The minimum Gasteiger partial charge on any atom is -0.480 e. The summed E-state index contributed by atoms with van der Waals surface area (Å²) in [7, 11) is 0. The number of hydrogen-bond acceptors (Lipinski definition) is 9. The number of carbonyl (C=O) groups is 2. The average Bonchev–Trinajstić information content (AvgIpc) is 2.97. The summed E-state index contributed by atoms with van der Waals surface area (Å²) in [5.74, 6) is -1.20. The Labute approximate surface area is 254 Å². The van der Waals surface area contributed by atoms with Gasteiger partial charge < -0.3 is 10.2 Å². The molecule has 2 unspecified atom stereocenters. The normalized spacial score (nSPS) is 12.7. The van der Waals surface area contributed by atoms with Crippen molar-refractivity contribution in [3.63, 3.8) is 0 Å². The summed E-state index contributed by atoms with van der Waals surface area (Å²) in [5, 5.41) is 22.6. The van der Waals surface area contributed by atoms with E-state index in [1.54, 1.807) is 0 Å². The summed E-state index contributed by atoms with van der Waals surface area (Å²) in [6.45, 7) is 8.22. The van der Waals surface area contributed by atoms with Crippen LogP contribution in [0.15, 0.2) is 6.33 Å². The molecule has 11 heteroatoms. The molecule has 0 amide bonds. The fourth-order valence-corrected chi connectivity index (χ4v) is 5.22. The molecule has 0 spiro atoms. The first-order chi connectivity index (χ1) is 20.4. The van der Waals surface area contributed by atoms with E-state index in [1.807, 2.05) is 10.0 Å². The summed E-state index contributed by atoms with van der Waals surface area (Å²) in [6, 6.07) is 0.0515. The van der Waals surface area contributed by atoms with Gasteiger partial charge in [-0.05, 0) is 25.7 Å². The third kappa shape index (κ3) is 16.2. The molecule has 0 radical (unpaired) electrons. The SMILES string of the molecule is CCCCCCC(CCCCC)N(NCC(=O)O)c1ncnc(N(NCC(=O)O)C(CCCCC)CCCCCC)n1. The highest BCUT2D eigenvalue weighted by Gasteiger charge is 2.26. The van der Waals surface area contributed by atoms with Crippen molar-refractivity contribution in [1.29, 1.82) is 0 Å². The maximum absolute atomic E-state index is 11.6. The Morgan fingerprint density at radius 3 is 1.29 bits per heavy atom.